The molecule has 1 aliphatic heterocycles. The molecule has 3 aromatic carbocycles. The van der Waals surface area contributed by atoms with Gasteiger partial charge in [-0.05, 0) is 42.3 Å². The van der Waals surface area contributed by atoms with Crippen molar-refractivity contribution in [1.29, 1.82) is 0 Å². The maximum absolute atomic E-state index is 13.1. The first-order valence-electron chi connectivity index (χ1n) is 13.6. The quantitative estimate of drug-likeness (QED) is 0.257. The van der Waals surface area contributed by atoms with Gasteiger partial charge in [0.1, 0.15) is 5.58 Å². The summed E-state index contributed by atoms with van der Waals surface area (Å²) < 4.78 is 14.1. The first kappa shape index (κ1) is 25.4. The molecule has 7 rings (SSSR count). The number of nitrogens with one attached hydrogen (secondary N) is 1. The number of morpholine rings is 1. The highest BCUT2D eigenvalue weighted by molar-refractivity contribution is 7.26. The molecule has 0 unspecified atom stereocenters. The van der Waals surface area contributed by atoms with Crippen LogP contribution in [0.3, 0.4) is 0 Å². The molecule has 0 bridgehead atoms. The van der Waals surface area contributed by atoms with Crippen molar-refractivity contribution in [2.24, 2.45) is 0 Å². The van der Waals surface area contributed by atoms with E-state index in [4.69, 9.17) is 9.15 Å². The van der Waals surface area contributed by atoms with Gasteiger partial charge in [0.05, 0.1) is 25.0 Å². The minimum absolute atomic E-state index is 0.0556. The van der Waals surface area contributed by atoms with Gasteiger partial charge in [-0.15, -0.1) is 11.3 Å². The van der Waals surface area contributed by atoms with Crippen LogP contribution in [0.5, 0.6) is 0 Å². The fourth-order valence-electron chi connectivity index (χ4n) is 5.51. The molecule has 0 saturated carbocycles. The highest BCUT2D eigenvalue weighted by Crippen LogP contribution is 2.42. The Balaban J connectivity index is 1.28. The third-order valence-electron chi connectivity index (χ3n) is 7.43. The van der Waals surface area contributed by atoms with E-state index in [1.165, 1.54) is 0 Å². The van der Waals surface area contributed by atoms with Crippen LogP contribution in [0, 0.1) is 6.92 Å². The lowest BCUT2D eigenvalue weighted by atomic mass is 10.0. The monoisotopic (exact) mass is 561 g/mol. The number of pyridine rings is 1. The Morgan fingerprint density at radius 3 is 2.59 bits per heavy atom. The van der Waals surface area contributed by atoms with Gasteiger partial charge in [0.15, 0.2) is 11.3 Å². The largest absolute Gasteiger partial charge is 0.440 e. The number of benzene rings is 3. The summed E-state index contributed by atoms with van der Waals surface area (Å²) in [4.78, 5) is 32.2. The van der Waals surface area contributed by atoms with E-state index >= 15 is 0 Å². The molecule has 0 radical (unpaired) electrons. The van der Waals surface area contributed by atoms with E-state index in [9.17, 15) is 9.59 Å². The average Bonchev–Trinajstić information content (AvgIpc) is 3.35. The molecule has 1 saturated heterocycles. The Bertz CT molecular complexity index is 2010. The number of anilines is 2. The van der Waals surface area contributed by atoms with Gasteiger partial charge in [0, 0.05) is 68.5 Å². The van der Waals surface area contributed by atoms with Crippen molar-refractivity contribution in [2.45, 2.75) is 13.3 Å². The zero-order chi connectivity index (χ0) is 27.9. The first-order chi connectivity index (χ1) is 20.0. The van der Waals surface area contributed by atoms with Crippen LogP contribution < -0.4 is 15.6 Å². The third kappa shape index (κ3) is 4.85. The predicted molar refractivity (Wildman–Crippen MR) is 165 cm³/mol. The number of thiophene rings is 1. The number of aryl methyl sites for hydroxylation is 1. The fraction of sp³-hybridized carbons (Fsp3) is 0.182. The number of amides is 1. The Labute approximate surface area is 240 Å². The Morgan fingerprint density at radius 1 is 0.951 bits per heavy atom. The lowest BCUT2D eigenvalue weighted by molar-refractivity contribution is -0.115. The van der Waals surface area contributed by atoms with Crippen LogP contribution >= 0.6 is 11.3 Å². The van der Waals surface area contributed by atoms with Crippen LogP contribution in [0.25, 0.3) is 42.3 Å². The van der Waals surface area contributed by atoms with Crippen LogP contribution in [0.2, 0.25) is 0 Å². The normalized spacial score (nSPS) is 13.7. The standard InChI is InChI=1S/C33H27N3O4S/c1-20-14-21(19-34-18-20)15-30(38)35-22-8-9-29-27(16-22)25-6-3-5-24(33(25)41-29)23-4-2-7-26-28(37)17-31(40-32(23)26)36-10-12-39-13-11-36/h2-9,14,16-19H,10-13,15H2,1H3,(H,35,38). The fourth-order valence-corrected chi connectivity index (χ4v) is 6.72. The number of ether oxygens (including phenoxy) is 1. The smallest absolute Gasteiger partial charge is 0.228 e. The van der Waals surface area contributed by atoms with E-state index in [2.05, 4.69) is 27.3 Å². The summed E-state index contributed by atoms with van der Waals surface area (Å²) in [6, 6.07) is 21.5. The molecule has 1 aliphatic rings. The summed E-state index contributed by atoms with van der Waals surface area (Å²) in [5, 5.41) is 5.76. The van der Waals surface area contributed by atoms with Crippen LogP contribution in [0.4, 0.5) is 11.6 Å². The van der Waals surface area contributed by atoms with Gasteiger partial charge in [-0.3, -0.25) is 14.6 Å². The van der Waals surface area contributed by atoms with Crippen LogP contribution in [-0.4, -0.2) is 37.2 Å². The summed E-state index contributed by atoms with van der Waals surface area (Å²) in [5.74, 6) is 0.488. The molecule has 0 aliphatic carbocycles. The second kappa shape index (κ2) is 10.5. The highest BCUT2D eigenvalue weighted by atomic mass is 32.1. The van der Waals surface area contributed by atoms with Gasteiger partial charge in [-0.1, -0.05) is 36.4 Å². The number of carbonyl (C=O) groups excluding carboxylic acids is 1. The zero-order valence-corrected chi connectivity index (χ0v) is 23.3. The lowest BCUT2D eigenvalue weighted by Gasteiger charge is -2.27. The Kier molecular flexibility index (Phi) is 6.49. The molecule has 1 amide bonds. The van der Waals surface area contributed by atoms with Crippen molar-refractivity contribution < 1.29 is 13.9 Å². The first-order valence-corrected chi connectivity index (χ1v) is 14.4. The summed E-state index contributed by atoms with van der Waals surface area (Å²) in [5.41, 5.74) is 5.08. The van der Waals surface area contributed by atoms with Gasteiger partial charge >= 0.3 is 0 Å². The molecule has 8 heteroatoms. The van der Waals surface area contributed by atoms with E-state index in [-0.39, 0.29) is 17.8 Å². The number of hydrogen-bond acceptors (Lipinski definition) is 7. The van der Waals surface area contributed by atoms with Crippen molar-refractivity contribution in [1.82, 2.24) is 4.98 Å². The van der Waals surface area contributed by atoms with Crippen LogP contribution in [0.15, 0.2) is 88.3 Å². The van der Waals surface area contributed by atoms with Gasteiger partial charge in [-0.25, -0.2) is 0 Å². The molecule has 41 heavy (non-hydrogen) atoms. The minimum atomic E-state index is -0.0844. The predicted octanol–water partition coefficient (Wildman–Crippen LogP) is 6.55. The molecule has 4 heterocycles. The van der Waals surface area contributed by atoms with Crippen molar-refractivity contribution in [3.63, 3.8) is 0 Å². The van der Waals surface area contributed by atoms with Gasteiger partial charge in [0.25, 0.3) is 0 Å². The van der Waals surface area contributed by atoms with E-state index in [1.54, 1.807) is 29.8 Å². The van der Waals surface area contributed by atoms with Crippen molar-refractivity contribution in [3.05, 3.63) is 100 Å². The number of carbonyl (C=O) groups is 1. The van der Waals surface area contributed by atoms with Gasteiger partial charge in [0.2, 0.25) is 5.91 Å². The number of para-hydroxylation sites is 1. The topological polar surface area (TPSA) is 84.7 Å². The maximum Gasteiger partial charge on any atom is 0.228 e. The highest BCUT2D eigenvalue weighted by Gasteiger charge is 2.19. The number of hydrogen-bond donors (Lipinski definition) is 1. The summed E-state index contributed by atoms with van der Waals surface area (Å²) in [7, 11) is 0. The summed E-state index contributed by atoms with van der Waals surface area (Å²) in [6.45, 7) is 4.55. The molecule has 7 nitrogen and oxygen atoms in total. The molecule has 1 N–H and O–H groups in total. The number of nitrogens with zero attached hydrogens (tertiary/aromatic N) is 2. The molecule has 1 fully saturated rings. The SMILES string of the molecule is Cc1cncc(CC(=O)Nc2ccc3sc4c(-c5cccc6c(=O)cc(N7CCOCC7)oc56)cccc4c3c2)c1. The number of aromatic nitrogens is 1. The molecule has 3 aromatic heterocycles. The van der Waals surface area contributed by atoms with E-state index in [1.807, 2.05) is 55.5 Å². The molecule has 0 atom stereocenters. The molecular formula is C33H27N3O4S. The summed E-state index contributed by atoms with van der Waals surface area (Å²) in [6.07, 6.45) is 3.77. The third-order valence-corrected chi connectivity index (χ3v) is 8.65. The summed E-state index contributed by atoms with van der Waals surface area (Å²) >= 11 is 1.69. The molecule has 6 aromatic rings. The van der Waals surface area contributed by atoms with E-state index in [0.29, 0.717) is 43.2 Å². The van der Waals surface area contributed by atoms with Crippen molar-refractivity contribution >= 4 is 60.0 Å². The second-order valence-electron chi connectivity index (χ2n) is 10.3. The van der Waals surface area contributed by atoms with Gasteiger partial charge < -0.3 is 19.4 Å². The molecule has 204 valence electrons. The lowest BCUT2D eigenvalue weighted by Crippen LogP contribution is -2.36. The Morgan fingerprint density at radius 2 is 1.76 bits per heavy atom. The number of fused-ring (bicyclic) bond motifs is 4. The molecular weight excluding hydrogens is 534 g/mol. The van der Waals surface area contributed by atoms with Gasteiger partial charge in [-0.2, -0.15) is 0 Å². The van der Waals surface area contributed by atoms with E-state index in [0.717, 1.165) is 48.1 Å². The average molecular weight is 562 g/mol. The van der Waals surface area contributed by atoms with Crippen molar-refractivity contribution in [3.8, 4) is 11.1 Å². The van der Waals surface area contributed by atoms with E-state index < -0.39 is 0 Å². The second-order valence-corrected chi connectivity index (χ2v) is 11.4. The molecule has 0 spiro atoms. The van der Waals surface area contributed by atoms with Crippen LogP contribution in [-0.2, 0) is 16.0 Å². The maximum atomic E-state index is 13.1. The van der Waals surface area contributed by atoms with Crippen LogP contribution in [0.1, 0.15) is 11.1 Å². The minimum Gasteiger partial charge on any atom is -0.440 e. The van der Waals surface area contributed by atoms with Crippen molar-refractivity contribution in [2.75, 3.05) is 36.5 Å². The number of rotatable bonds is 5. The Hall–Kier alpha value is -4.53. The zero-order valence-electron chi connectivity index (χ0n) is 22.5.